The van der Waals surface area contributed by atoms with Gasteiger partial charge in [-0.15, -0.1) is 0 Å². The van der Waals surface area contributed by atoms with E-state index in [4.69, 9.17) is 0 Å². The van der Waals surface area contributed by atoms with Crippen molar-refractivity contribution in [3.05, 3.63) is 93.0 Å². The molecule has 5 rings (SSSR count). The Kier molecular flexibility index (Phi) is 9.23. The standard InChI is InChI=1S/C42H52O4S2/c1-39(2,3)27-15-23-13-25-17-28(40(4,5)6)19-31(36(25)44)47-33-21-30(42(10,11)12)22-34(38(33)46)48-32-20-29(41(7,8)9)18-26(37(32)45)14-24(16-27)35(23)43/h15-22,43-46H,13-14H2,1-12H3. The molecule has 1 aliphatic heterocycles. The predicted octanol–water partition coefficient (Wildman–Crippen LogP) is 11.5. The zero-order valence-electron chi connectivity index (χ0n) is 30.6. The van der Waals surface area contributed by atoms with E-state index in [1.165, 1.54) is 23.5 Å². The van der Waals surface area contributed by atoms with Crippen LogP contribution in [0, 0.1) is 0 Å². The number of hydrogen-bond donors (Lipinski definition) is 4. The number of benzene rings is 4. The molecule has 0 saturated heterocycles. The number of rotatable bonds is 0. The van der Waals surface area contributed by atoms with E-state index in [1.54, 1.807) is 0 Å². The van der Waals surface area contributed by atoms with Gasteiger partial charge in [0.2, 0.25) is 0 Å². The van der Waals surface area contributed by atoms with Crippen molar-refractivity contribution in [2.24, 2.45) is 0 Å². The van der Waals surface area contributed by atoms with Gasteiger partial charge in [-0.05, 0) is 90.4 Å². The summed E-state index contributed by atoms with van der Waals surface area (Å²) >= 11 is 2.70. The van der Waals surface area contributed by atoms with E-state index < -0.39 is 0 Å². The Bertz CT molecular complexity index is 1520. The van der Waals surface area contributed by atoms with Crippen molar-refractivity contribution >= 4 is 23.5 Å². The summed E-state index contributed by atoms with van der Waals surface area (Å²) in [4.78, 5) is 2.56. The van der Waals surface area contributed by atoms with Crippen molar-refractivity contribution in [1.29, 1.82) is 0 Å². The molecule has 0 radical (unpaired) electrons. The highest BCUT2D eigenvalue weighted by atomic mass is 32.2. The summed E-state index contributed by atoms with van der Waals surface area (Å²) in [5.74, 6) is 0.591. The summed E-state index contributed by atoms with van der Waals surface area (Å²) in [6.07, 6.45) is 0.640. The van der Waals surface area contributed by atoms with Gasteiger partial charge in [-0.25, -0.2) is 0 Å². The Labute approximate surface area is 296 Å². The molecule has 0 spiro atoms. The van der Waals surface area contributed by atoms with Crippen LogP contribution in [0.2, 0.25) is 0 Å². The normalized spacial score (nSPS) is 14.2. The van der Waals surface area contributed by atoms with E-state index in [0.29, 0.717) is 43.6 Å². The van der Waals surface area contributed by atoms with Gasteiger partial charge in [-0.2, -0.15) is 0 Å². The first-order valence-electron chi connectivity index (χ1n) is 16.7. The fourth-order valence-electron chi connectivity index (χ4n) is 5.90. The molecule has 48 heavy (non-hydrogen) atoms. The maximum Gasteiger partial charge on any atom is 0.143 e. The van der Waals surface area contributed by atoms with Crippen molar-refractivity contribution in [1.82, 2.24) is 0 Å². The van der Waals surface area contributed by atoms with E-state index in [0.717, 1.165) is 33.4 Å². The SMILES string of the molecule is CC(C)(C)c1cc2c(O)c(c1)Cc1cc(C(C)(C)C)cc(c1O)Sc1cc(C(C)(C)C)cc(c1O)Sc1cc(C(C)(C)C)cc(c1O)C2. The predicted molar refractivity (Wildman–Crippen MR) is 201 cm³/mol. The number of phenols is 4. The lowest BCUT2D eigenvalue weighted by Gasteiger charge is -2.26. The number of aromatic hydroxyl groups is 4. The highest BCUT2D eigenvalue weighted by molar-refractivity contribution is 8.00. The van der Waals surface area contributed by atoms with Crippen molar-refractivity contribution in [2.45, 2.75) is 137 Å². The average molecular weight is 685 g/mol. The van der Waals surface area contributed by atoms with Crippen LogP contribution in [0.5, 0.6) is 23.0 Å². The Morgan fingerprint density at radius 3 is 0.875 bits per heavy atom. The molecule has 1 heterocycles. The average Bonchev–Trinajstić information content (AvgIpc) is 2.93. The van der Waals surface area contributed by atoms with E-state index >= 15 is 0 Å². The van der Waals surface area contributed by atoms with Crippen LogP contribution in [-0.4, -0.2) is 20.4 Å². The molecule has 8 bridgehead atoms. The lowest BCUT2D eigenvalue weighted by atomic mass is 9.81. The highest BCUT2D eigenvalue weighted by Crippen LogP contribution is 2.51. The second-order valence-electron chi connectivity index (χ2n) is 17.5. The van der Waals surface area contributed by atoms with Gasteiger partial charge >= 0.3 is 0 Å². The van der Waals surface area contributed by atoms with Crippen LogP contribution < -0.4 is 0 Å². The second-order valence-corrected chi connectivity index (χ2v) is 19.7. The Balaban J connectivity index is 1.89. The first-order valence-corrected chi connectivity index (χ1v) is 18.4. The zero-order valence-corrected chi connectivity index (χ0v) is 32.3. The van der Waals surface area contributed by atoms with Crippen LogP contribution in [0.1, 0.15) is 128 Å². The maximum atomic E-state index is 11.9. The fourth-order valence-corrected chi connectivity index (χ4v) is 8.05. The third-order valence-electron chi connectivity index (χ3n) is 9.28. The molecule has 0 unspecified atom stereocenters. The summed E-state index contributed by atoms with van der Waals surface area (Å²) in [6, 6.07) is 16.3. The van der Waals surface area contributed by atoms with Crippen molar-refractivity contribution < 1.29 is 20.4 Å². The third kappa shape index (κ3) is 7.35. The minimum absolute atomic E-state index is 0.118. The Morgan fingerprint density at radius 2 is 0.583 bits per heavy atom. The maximum absolute atomic E-state index is 11.9. The monoisotopic (exact) mass is 684 g/mol. The van der Waals surface area contributed by atoms with Gasteiger partial charge in [-0.3, -0.25) is 0 Å². The smallest absolute Gasteiger partial charge is 0.143 e. The number of phenolic OH excluding ortho intramolecular Hbond substituents is 4. The molecule has 4 N–H and O–H groups in total. The second kappa shape index (κ2) is 12.3. The topological polar surface area (TPSA) is 80.9 Å². The van der Waals surface area contributed by atoms with Gasteiger partial charge in [0.1, 0.15) is 23.0 Å². The van der Waals surface area contributed by atoms with Crippen LogP contribution in [0.15, 0.2) is 68.1 Å². The van der Waals surface area contributed by atoms with Gasteiger partial charge < -0.3 is 20.4 Å². The third-order valence-corrected chi connectivity index (χ3v) is 11.4. The molecule has 6 heteroatoms. The fraction of sp³-hybridized carbons (Fsp3) is 0.429. The van der Waals surface area contributed by atoms with Crippen molar-refractivity contribution in [3.8, 4) is 23.0 Å². The van der Waals surface area contributed by atoms with Crippen LogP contribution in [0.4, 0.5) is 0 Å². The molecule has 0 aromatic heterocycles. The highest BCUT2D eigenvalue weighted by Gasteiger charge is 2.28. The first-order chi connectivity index (χ1) is 21.9. The molecule has 1 aliphatic rings. The molecule has 0 amide bonds. The molecule has 4 aromatic rings. The summed E-state index contributed by atoms with van der Waals surface area (Å²) in [5, 5.41) is 47.5. The van der Waals surface area contributed by atoms with Gasteiger partial charge in [-0.1, -0.05) is 131 Å². The lowest BCUT2D eigenvalue weighted by Crippen LogP contribution is -2.14. The largest absolute Gasteiger partial charge is 0.507 e. The van der Waals surface area contributed by atoms with E-state index in [9.17, 15) is 20.4 Å². The molecule has 256 valence electrons. The number of hydrogen-bond acceptors (Lipinski definition) is 6. The van der Waals surface area contributed by atoms with E-state index in [2.05, 4.69) is 95.2 Å². The zero-order chi connectivity index (χ0) is 35.7. The summed E-state index contributed by atoms with van der Waals surface area (Å²) in [7, 11) is 0. The molecule has 0 saturated carbocycles. The molecule has 4 aromatic carbocycles. The van der Waals surface area contributed by atoms with E-state index in [-0.39, 0.29) is 44.7 Å². The van der Waals surface area contributed by atoms with Gasteiger partial charge in [0.25, 0.3) is 0 Å². The quantitative estimate of drug-likeness (QED) is 0.130. The summed E-state index contributed by atoms with van der Waals surface area (Å²) in [5.41, 5.74) is 6.27. The van der Waals surface area contributed by atoms with Gasteiger partial charge in [0, 0.05) is 12.8 Å². The minimum Gasteiger partial charge on any atom is -0.507 e. The van der Waals surface area contributed by atoms with Crippen LogP contribution in [-0.2, 0) is 34.5 Å². The lowest BCUT2D eigenvalue weighted by molar-refractivity contribution is 0.444. The summed E-state index contributed by atoms with van der Waals surface area (Å²) < 4.78 is 0. The van der Waals surface area contributed by atoms with Crippen molar-refractivity contribution in [2.75, 3.05) is 0 Å². The molecular formula is C42H52O4S2. The van der Waals surface area contributed by atoms with Crippen LogP contribution in [0.3, 0.4) is 0 Å². The number of fused-ring (bicyclic) bond motifs is 8. The molecular weight excluding hydrogens is 633 g/mol. The molecule has 0 aliphatic carbocycles. The summed E-state index contributed by atoms with van der Waals surface area (Å²) in [6.45, 7) is 25.8. The van der Waals surface area contributed by atoms with Gasteiger partial charge in [0.15, 0.2) is 0 Å². The van der Waals surface area contributed by atoms with Crippen LogP contribution in [0.25, 0.3) is 0 Å². The van der Waals surface area contributed by atoms with Crippen LogP contribution >= 0.6 is 23.5 Å². The van der Waals surface area contributed by atoms with Crippen molar-refractivity contribution in [3.63, 3.8) is 0 Å². The minimum atomic E-state index is -0.217. The first kappa shape index (κ1) is 36.1. The molecule has 0 fully saturated rings. The Hall–Kier alpha value is -3.22. The molecule has 0 atom stereocenters. The molecule has 4 nitrogen and oxygen atoms in total. The van der Waals surface area contributed by atoms with E-state index in [1.807, 2.05) is 36.4 Å². The van der Waals surface area contributed by atoms with Gasteiger partial charge in [0.05, 0.1) is 19.6 Å². The Morgan fingerprint density at radius 1 is 0.354 bits per heavy atom.